The molecule has 0 spiro atoms. The quantitative estimate of drug-likeness (QED) is 0.873. The Morgan fingerprint density at radius 1 is 1.56 bits per heavy atom. The van der Waals surface area contributed by atoms with Gasteiger partial charge in [0.1, 0.15) is 0 Å². The van der Waals surface area contributed by atoms with Crippen LogP contribution in [0.2, 0.25) is 0 Å². The van der Waals surface area contributed by atoms with E-state index in [4.69, 9.17) is 0 Å². The van der Waals surface area contributed by atoms with Gasteiger partial charge in [0.2, 0.25) is 0 Å². The van der Waals surface area contributed by atoms with Gasteiger partial charge in [-0.15, -0.1) is 23.7 Å². The fourth-order valence-corrected chi connectivity index (χ4v) is 2.45. The zero-order chi connectivity index (χ0) is 10.5. The molecule has 1 unspecified atom stereocenters. The maximum atomic E-state index is 11.6. The third kappa shape index (κ3) is 3.77. The summed E-state index contributed by atoms with van der Waals surface area (Å²) in [5.74, 6) is 0.0531. The molecule has 1 saturated heterocycles. The molecule has 1 aromatic heterocycles. The predicted molar refractivity (Wildman–Crippen MR) is 69.5 cm³/mol. The van der Waals surface area contributed by atoms with Crippen LogP contribution in [0.1, 0.15) is 28.9 Å². The third-order valence-electron chi connectivity index (χ3n) is 2.67. The Morgan fingerprint density at radius 3 is 3.06 bits per heavy atom. The summed E-state index contributed by atoms with van der Waals surface area (Å²) in [7, 11) is 0. The normalized spacial score (nSPS) is 19.9. The van der Waals surface area contributed by atoms with E-state index in [0.717, 1.165) is 18.0 Å². The van der Waals surface area contributed by atoms with E-state index in [9.17, 15) is 4.79 Å². The summed E-state index contributed by atoms with van der Waals surface area (Å²) in [6, 6.07) is 4.22. The Hall–Kier alpha value is -0.580. The number of carbonyl (C=O) groups excluding carboxylic acids is 1. The largest absolute Gasteiger partial charge is 0.350 e. The van der Waals surface area contributed by atoms with Crippen LogP contribution >= 0.6 is 23.7 Å². The standard InChI is InChI=1S/C11H16N2OS.ClH/c14-11(10-5-3-7-15-10)13-8-9-4-1-2-6-12-9;/h3,5,7,9,12H,1-2,4,6,8H2,(H,13,14);1H. The Kier molecular flexibility index (Phi) is 5.80. The molecular weight excluding hydrogens is 244 g/mol. The number of piperidine rings is 1. The van der Waals surface area contributed by atoms with Crippen LogP contribution in [0.15, 0.2) is 17.5 Å². The minimum atomic E-state index is 0. The topological polar surface area (TPSA) is 41.1 Å². The zero-order valence-corrected chi connectivity index (χ0v) is 10.7. The molecule has 2 rings (SSSR count). The van der Waals surface area contributed by atoms with Gasteiger partial charge < -0.3 is 10.6 Å². The SMILES string of the molecule is Cl.O=C(NCC1CCCCN1)c1cccs1. The summed E-state index contributed by atoms with van der Waals surface area (Å²) in [4.78, 5) is 12.4. The van der Waals surface area contributed by atoms with Crippen molar-refractivity contribution in [2.45, 2.75) is 25.3 Å². The first kappa shape index (κ1) is 13.5. The summed E-state index contributed by atoms with van der Waals surface area (Å²) in [5.41, 5.74) is 0. The highest BCUT2D eigenvalue weighted by Gasteiger charge is 2.14. The lowest BCUT2D eigenvalue weighted by Gasteiger charge is -2.23. The Morgan fingerprint density at radius 2 is 2.44 bits per heavy atom. The highest BCUT2D eigenvalue weighted by Crippen LogP contribution is 2.09. The fourth-order valence-electron chi connectivity index (χ4n) is 1.81. The molecule has 1 aromatic rings. The summed E-state index contributed by atoms with van der Waals surface area (Å²) in [5, 5.41) is 8.30. The first-order valence-corrected chi connectivity index (χ1v) is 6.29. The fraction of sp³-hybridized carbons (Fsp3) is 0.545. The van der Waals surface area contributed by atoms with Gasteiger partial charge in [0, 0.05) is 12.6 Å². The van der Waals surface area contributed by atoms with Gasteiger partial charge in [-0.2, -0.15) is 0 Å². The average molecular weight is 261 g/mol. The van der Waals surface area contributed by atoms with Gasteiger partial charge in [0.05, 0.1) is 4.88 Å². The van der Waals surface area contributed by atoms with Gasteiger partial charge in [-0.25, -0.2) is 0 Å². The number of hydrogen-bond acceptors (Lipinski definition) is 3. The van der Waals surface area contributed by atoms with E-state index in [-0.39, 0.29) is 18.3 Å². The molecule has 0 aliphatic carbocycles. The molecule has 1 amide bonds. The molecule has 5 heteroatoms. The number of carbonyl (C=O) groups is 1. The minimum absolute atomic E-state index is 0. The van der Waals surface area contributed by atoms with Gasteiger partial charge in [0.25, 0.3) is 5.91 Å². The number of hydrogen-bond donors (Lipinski definition) is 2. The van der Waals surface area contributed by atoms with E-state index < -0.39 is 0 Å². The molecule has 2 N–H and O–H groups in total. The summed E-state index contributed by atoms with van der Waals surface area (Å²) in [6.07, 6.45) is 3.70. The van der Waals surface area contributed by atoms with Crippen LogP contribution in [0.3, 0.4) is 0 Å². The van der Waals surface area contributed by atoms with Crippen molar-refractivity contribution in [1.29, 1.82) is 0 Å². The summed E-state index contributed by atoms with van der Waals surface area (Å²) in [6.45, 7) is 1.83. The molecule has 0 radical (unpaired) electrons. The Balaban J connectivity index is 0.00000128. The number of thiophene rings is 1. The van der Waals surface area contributed by atoms with Crippen LogP contribution in [0.25, 0.3) is 0 Å². The van der Waals surface area contributed by atoms with Crippen LogP contribution in [0.5, 0.6) is 0 Å². The monoisotopic (exact) mass is 260 g/mol. The molecular formula is C11H17ClN2OS. The molecule has 1 atom stereocenters. The maximum Gasteiger partial charge on any atom is 0.261 e. The van der Waals surface area contributed by atoms with Gasteiger partial charge in [-0.05, 0) is 30.8 Å². The van der Waals surface area contributed by atoms with Crippen molar-refractivity contribution in [3.8, 4) is 0 Å². The van der Waals surface area contributed by atoms with E-state index >= 15 is 0 Å². The van der Waals surface area contributed by atoms with Crippen LogP contribution in [-0.2, 0) is 0 Å². The summed E-state index contributed by atoms with van der Waals surface area (Å²) < 4.78 is 0. The summed E-state index contributed by atoms with van der Waals surface area (Å²) >= 11 is 1.49. The van der Waals surface area contributed by atoms with Gasteiger partial charge >= 0.3 is 0 Å². The molecule has 1 aliphatic heterocycles. The van der Waals surface area contributed by atoms with Crippen molar-refractivity contribution in [2.24, 2.45) is 0 Å². The van der Waals surface area contributed by atoms with Gasteiger partial charge in [-0.1, -0.05) is 12.5 Å². The van der Waals surface area contributed by atoms with Crippen molar-refractivity contribution >= 4 is 29.7 Å². The molecule has 0 aromatic carbocycles. The first-order chi connectivity index (χ1) is 7.36. The minimum Gasteiger partial charge on any atom is -0.350 e. The van der Waals surface area contributed by atoms with Crippen LogP contribution < -0.4 is 10.6 Å². The maximum absolute atomic E-state index is 11.6. The predicted octanol–water partition coefficient (Wildman–Crippen LogP) is 2.04. The highest BCUT2D eigenvalue weighted by molar-refractivity contribution is 7.12. The number of amides is 1. The first-order valence-electron chi connectivity index (χ1n) is 5.41. The molecule has 90 valence electrons. The number of halogens is 1. The molecule has 0 saturated carbocycles. The van der Waals surface area contributed by atoms with Crippen molar-refractivity contribution < 1.29 is 4.79 Å². The van der Waals surface area contributed by atoms with E-state index in [0.29, 0.717) is 6.04 Å². The second kappa shape index (κ2) is 6.89. The average Bonchev–Trinajstić information content (AvgIpc) is 2.81. The van der Waals surface area contributed by atoms with Crippen LogP contribution in [-0.4, -0.2) is 25.0 Å². The lowest BCUT2D eigenvalue weighted by Crippen LogP contribution is -2.43. The van der Waals surface area contributed by atoms with Crippen molar-refractivity contribution in [3.05, 3.63) is 22.4 Å². The molecule has 1 aliphatic rings. The second-order valence-corrected chi connectivity index (χ2v) is 4.78. The molecule has 3 nitrogen and oxygen atoms in total. The Labute approximate surface area is 106 Å². The third-order valence-corrected chi connectivity index (χ3v) is 3.53. The van der Waals surface area contributed by atoms with Crippen molar-refractivity contribution in [2.75, 3.05) is 13.1 Å². The van der Waals surface area contributed by atoms with Crippen LogP contribution in [0, 0.1) is 0 Å². The smallest absolute Gasteiger partial charge is 0.261 e. The van der Waals surface area contributed by atoms with E-state index in [1.54, 1.807) is 0 Å². The lowest BCUT2D eigenvalue weighted by atomic mass is 10.1. The van der Waals surface area contributed by atoms with E-state index in [2.05, 4.69) is 10.6 Å². The van der Waals surface area contributed by atoms with E-state index in [1.165, 1.54) is 30.6 Å². The number of rotatable bonds is 3. The number of nitrogens with one attached hydrogen (secondary N) is 2. The Bertz CT molecular complexity index is 310. The molecule has 2 heterocycles. The van der Waals surface area contributed by atoms with Crippen molar-refractivity contribution in [3.63, 3.8) is 0 Å². The van der Waals surface area contributed by atoms with Crippen LogP contribution in [0.4, 0.5) is 0 Å². The van der Waals surface area contributed by atoms with Gasteiger partial charge in [0.15, 0.2) is 0 Å². The molecule has 0 bridgehead atoms. The molecule has 16 heavy (non-hydrogen) atoms. The van der Waals surface area contributed by atoms with Crippen molar-refractivity contribution in [1.82, 2.24) is 10.6 Å². The zero-order valence-electron chi connectivity index (χ0n) is 9.07. The van der Waals surface area contributed by atoms with Gasteiger partial charge in [-0.3, -0.25) is 4.79 Å². The highest BCUT2D eigenvalue weighted by atomic mass is 35.5. The van der Waals surface area contributed by atoms with E-state index in [1.807, 2.05) is 17.5 Å². The molecule has 1 fully saturated rings. The lowest BCUT2D eigenvalue weighted by molar-refractivity contribution is 0.0952. The second-order valence-electron chi connectivity index (χ2n) is 3.83.